The second-order valence-corrected chi connectivity index (χ2v) is 9.56. The number of fused-ring (bicyclic) bond motifs is 1. The third-order valence-electron chi connectivity index (χ3n) is 6.64. The van der Waals surface area contributed by atoms with Gasteiger partial charge in [0.1, 0.15) is 10.6 Å². The van der Waals surface area contributed by atoms with Gasteiger partial charge in [-0.25, -0.2) is 0 Å². The second-order valence-electron chi connectivity index (χ2n) is 8.80. The molecule has 1 fully saturated rings. The molecule has 3 heterocycles. The van der Waals surface area contributed by atoms with Crippen molar-refractivity contribution in [1.82, 2.24) is 19.8 Å². The highest BCUT2D eigenvalue weighted by atomic mass is 32.1. The van der Waals surface area contributed by atoms with Crippen molar-refractivity contribution >= 4 is 23.3 Å². The van der Waals surface area contributed by atoms with Gasteiger partial charge in [-0.3, -0.25) is 9.59 Å². The number of benzene rings is 1. The average Bonchev–Trinajstić information content (AvgIpc) is 3.33. The SMILES string of the molecule is CCc1nnsc1C(=O)N1CCC2(CCCCOCCNC(=O)c3ccccc3OC2)CC1. The van der Waals surface area contributed by atoms with E-state index in [1.165, 1.54) is 11.5 Å². The minimum atomic E-state index is -0.148. The minimum Gasteiger partial charge on any atom is -0.492 e. The lowest BCUT2D eigenvalue weighted by Gasteiger charge is -2.42. The molecule has 0 bridgehead atoms. The molecule has 2 aliphatic heterocycles. The van der Waals surface area contributed by atoms with Crippen LogP contribution in [0.2, 0.25) is 0 Å². The van der Waals surface area contributed by atoms with E-state index >= 15 is 0 Å². The van der Waals surface area contributed by atoms with Crippen molar-refractivity contribution in [3.8, 4) is 5.75 Å². The quantitative estimate of drug-likeness (QED) is 0.721. The number of ether oxygens (including phenoxy) is 2. The van der Waals surface area contributed by atoms with Gasteiger partial charge in [-0.1, -0.05) is 30.0 Å². The summed E-state index contributed by atoms with van der Waals surface area (Å²) in [4.78, 5) is 28.3. The van der Waals surface area contributed by atoms with E-state index in [1.807, 2.05) is 30.0 Å². The van der Waals surface area contributed by atoms with E-state index in [0.29, 0.717) is 62.1 Å². The van der Waals surface area contributed by atoms with E-state index in [-0.39, 0.29) is 17.2 Å². The Kier molecular flexibility index (Phi) is 7.93. The molecule has 1 aromatic heterocycles. The fourth-order valence-corrected chi connectivity index (χ4v) is 5.26. The summed E-state index contributed by atoms with van der Waals surface area (Å²) in [5, 5.41) is 7.00. The number of carbonyl (C=O) groups is 2. The van der Waals surface area contributed by atoms with Crippen LogP contribution in [0, 0.1) is 5.41 Å². The van der Waals surface area contributed by atoms with E-state index in [2.05, 4.69) is 14.9 Å². The van der Waals surface area contributed by atoms with E-state index in [1.54, 1.807) is 6.07 Å². The molecule has 2 aliphatic rings. The van der Waals surface area contributed by atoms with Gasteiger partial charge in [-0.2, -0.15) is 0 Å². The standard InChI is InChI=1S/C24H32N4O4S/c1-2-19-21(33-27-26-19)23(30)28-13-10-24(11-14-28)9-5-6-15-31-16-12-25-22(29)18-7-3-4-8-20(18)32-17-24/h3-4,7-8H,2,5-6,9-17H2,1H3,(H,25,29). The first kappa shape index (κ1) is 23.6. The first-order valence-corrected chi connectivity index (χ1v) is 12.6. The van der Waals surface area contributed by atoms with Crippen molar-refractivity contribution in [2.24, 2.45) is 5.41 Å². The fourth-order valence-electron chi connectivity index (χ4n) is 4.55. The molecular weight excluding hydrogens is 440 g/mol. The Morgan fingerprint density at radius 3 is 2.82 bits per heavy atom. The average molecular weight is 473 g/mol. The Labute approximate surface area is 198 Å². The fraction of sp³-hybridized carbons (Fsp3) is 0.583. The minimum absolute atomic E-state index is 0.0360. The zero-order valence-corrected chi connectivity index (χ0v) is 20.0. The first-order chi connectivity index (χ1) is 16.1. The number of aromatic nitrogens is 2. The maximum Gasteiger partial charge on any atom is 0.267 e. The molecule has 1 N–H and O–H groups in total. The molecule has 0 aliphatic carbocycles. The second kappa shape index (κ2) is 11.1. The number of amides is 2. The molecule has 2 amide bonds. The number of hydrogen-bond donors (Lipinski definition) is 1. The maximum absolute atomic E-state index is 13.1. The van der Waals surface area contributed by atoms with Crippen molar-refractivity contribution in [1.29, 1.82) is 0 Å². The smallest absolute Gasteiger partial charge is 0.267 e. The Bertz CT molecular complexity index is 955. The highest BCUT2D eigenvalue weighted by Gasteiger charge is 2.37. The summed E-state index contributed by atoms with van der Waals surface area (Å²) in [5.41, 5.74) is 1.29. The molecule has 1 spiro atoms. The zero-order valence-electron chi connectivity index (χ0n) is 19.2. The molecule has 0 atom stereocenters. The lowest BCUT2D eigenvalue weighted by Crippen LogP contribution is -2.45. The highest BCUT2D eigenvalue weighted by Crippen LogP contribution is 2.38. The van der Waals surface area contributed by atoms with E-state index in [9.17, 15) is 9.59 Å². The summed E-state index contributed by atoms with van der Waals surface area (Å²) in [6.07, 6.45) is 5.46. The molecule has 2 aromatic rings. The molecule has 1 saturated heterocycles. The van der Waals surface area contributed by atoms with Gasteiger partial charge >= 0.3 is 0 Å². The number of rotatable bonds is 2. The predicted molar refractivity (Wildman–Crippen MR) is 126 cm³/mol. The molecular formula is C24H32N4O4S. The summed E-state index contributed by atoms with van der Waals surface area (Å²) < 4.78 is 16.0. The van der Waals surface area contributed by atoms with Crippen LogP contribution >= 0.6 is 11.5 Å². The molecule has 4 rings (SSSR count). The van der Waals surface area contributed by atoms with E-state index in [4.69, 9.17) is 9.47 Å². The van der Waals surface area contributed by atoms with Gasteiger partial charge in [0.15, 0.2) is 0 Å². The van der Waals surface area contributed by atoms with Crippen molar-refractivity contribution in [3.05, 3.63) is 40.4 Å². The van der Waals surface area contributed by atoms with Crippen molar-refractivity contribution in [3.63, 3.8) is 0 Å². The van der Waals surface area contributed by atoms with Crippen LogP contribution in [-0.2, 0) is 11.2 Å². The van der Waals surface area contributed by atoms with Gasteiger partial charge in [0.2, 0.25) is 0 Å². The number of likely N-dealkylation sites (tertiary alicyclic amines) is 1. The molecule has 0 unspecified atom stereocenters. The molecule has 8 nitrogen and oxygen atoms in total. The number of nitrogens with zero attached hydrogens (tertiary/aromatic N) is 3. The van der Waals surface area contributed by atoms with Gasteiger partial charge in [-0.05, 0) is 55.8 Å². The van der Waals surface area contributed by atoms with Crippen molar-refractivity contribution in [2.75, 3.05) is 39.5 Å². The summed E-state index contributed by atoms with van der Waals surface area (Å²) in [6.45, 7) is 5.56. The van der Waals surface area contributed by atoms with E-state index in [0.717, 1.165) is 37.8 Å². The van der Waals surface area contributed by atoms with Gasteiger partial charge in [0, 0.05) is 31.7 Å². The monoisotopic (exact) mass is 472 g/mol. The molecule has 9 heteroatoms. The number of hydrogen-bond acceptors (Lipinski definition) is 7. The topological polar surface area (TPSA) is 93.7 Å². The molecule has 1 aromatic carbocycles. The van der Waals surface area contributed by atoms with Crippen LogP contribution in [0.25, 0.3) is 0 Å². The maximum atomic E-state index is 13.1. The van der Waals surface area contributed by atoms with Gasteiger partial charge < -0.3 is 19.7 Å². The van der Waals surface area contributed by atoms with Gasteiger partial charge in [0.05, 0.1) is 24.5 Å². The first-order valence-electron chi connectivity index (χ1n) is 11.8. The lowest BCUT2D eigenvalue weighted by atomic mass is 9.75. The molecule has 33 heavy (non-hydrogen) atoms. The van der Waals surface area contributed by atoms with Gasteiger partial charge in [0.25, 0.3) is 11.8 Å². The van der Waals surface area contributed by atoms with Crippen LogP contribution in [0.3, 0.4) is 0 Å². The Balaban J connectivity index is 1.47. The van der Waals surface area contributed by atoms with Crippen LogP contribution in [0.5, 0.6) is 5.75 Å². The molecule has 0 radical (unpaired) electrons. The number of para-hydroxylation sites is 1. The number of carbonyl (C=O) groups excluding carboxylic acids is 2. The molecule has 0 saturated carbocycles. The Morgan fingerprint density at radius 2 is 2.00 bits per heavy atom. The lowest BCUT2D eigenvalue weighted by molar-refractivity contribution is 0.0343. The largest absolute Gasteiger partial charge is 0.492 e. The summed E-state index contributed by atoms with van der Waals surface area (Å²) in [6, 6.07) is 7.38. The third-order valence-corrected chi connectivity index (χ3v) is 7.40. The number of aryl methyl sites for hydroxylation is 1. The Hall–Kier alpha value is -2.52. The highest BCUT2D eigenvalue weighted by molar-refractivity contribution is 7.08. The molecule has 178 valence electrons. The number of piperidine rings is 1. The third kappa shape index (κ3) is 5.70. The zero-order chi connectivity index (χ0) is 23.1. The summed E-state index contributed by atoms with van der Waals surface area (Å²) in [7, 11) is 0. The summed E-state index contributed by atoms with van der Waals surface area (Å²) >= 11 is 1.19. The van der Waals surface area contributed by atoms with E-state index < -0.39 is 0 Å². The van der Waals surface area contributed by atoms with Crippen LogP contribution in [0.4, 0.5) is 0 Å². The van der Waals surface area contributed by atoms with Crippen molar-refractivity contribution < 1.29 is 19.1 Å². The van der Waals surface area contributed by atoms with Crippen LogP contribution in [-0.4, -0.2) is 65.8 Å². The Morgan fingerprint density at radius 1 is 1.18 bits per heavy atom. The summed E-state index contributed by atoms with van der Waals surface area (Å²) in [5.74, 6) is 0.494. The van der Waals surface area contributed by atoms with Crippen LogP contribution in [0.15, 0.2) is 24.3 Å². The van der Waals surface area contributed by atoms with Gasteiger partial charge in [-0.15, -0.1) is 5.10 Å². The van der Waals surface area contributed by atoms with Crippen LogP contribution in [0.1, 0.15) is 64.8 Å². The van der Waals surface area contributed by atoms with Crippen LogP contribution < -0.4 is 10.1 Å². The normalized spacial score (nSPS) is 19.8. The predicted octanol–water partition coefficient (Wildman–Crippen LogP) is 3.33. The van der Waals surface area contributed by atoms with Crippen molar-refractivity contribution in [2.45, 2.75) is 45.4 Å². The number of nitrogens with one attached hydrogen (secondary N) is 1.